The Labute approximate surface area is 92.3 Å². The van der Waals surface area contributed by atoms with Gasteiger partial charge in [0.2, 0.25) is 5.91 Å². The summed E-state index contributed by atoms with van der Waals surface area (Å²) in [4.78, 5) is 13.8. The summed E-state index contributed by atoms with van der Waals surface area (Å²) in [5.41, 5.74) is 7.23. The summed E-state index contributed by atoms with van der Waals surface area (Å²) in [5, 5.41) is 0. The van der Waals surface area contributed by atoms with Gasteiger partial charge < -0.3 is 10.6 Å². The minimum Gasteiger partial charge on any atom is -0.337 e. The second-order valence-electron chi connectivity index (χ2n) is 4.33. The first-order chi connectivity index (χ1) is 7.15. The molecule has 86 valence electrons. The number of hydrogen-bond acceptors (Lipinski definition) is 2. The average Bonchev–Trinajstić information content (AvgIpc) is 2.26. The molecule has 3 nitrogen and oxygen atoms in total. The van der Waals surface area contributed by atoms with Crippen molar-refractivity contribution in [2.75, 3.05) is 13.1 Å². The van der Waals surface area contributed by atoms with Crippen molar-refractivity contribution >= 4 is 5.91 Å². The second-order valence-corrected chi connectivity index (χ2v) is 4.33. The summed E-state index contributed by atoms with van der Waals surface area (Å²) in [7, 11) is 0. The normalized spacial score (nSPS) is 18.6. The number of amides is 1. The Bertz CT molecular complexity index is 248. The van der Waals surface area contributed by atoms with Gasteiger partial charge in [-0.1, -0.05) is 31.4 Å². The molecule has 0 aromatic rings. The fourth-order valence-corrected chi connectivity index (χ4v) is 1.75. The van der Waals surface area contributed by atoms with Crippen LogP contribution < -0.4 is 5.73 Å². The molecule has 1 aliphatic rings. The largest absolute Gasteiger partial charge is 0.337 e. The summed E-state index contributed by atoms with van der Waals surface area (Å²) >= 11 is 0. The third-order valence-corrected chi connectivity index (χ3v) is 2.93. The summed E-state index contributed by atoms with van der Waals surface area (Å²) in [5.74, 6) is 0.118. The predicted molar refractivity (Wildman–Crippen MR) is 62.5 cm³/mol. The maximum Gasteiger partial charge on any atom is 0.239 e. The SMILES string of the molecule is CCCCC(N)C(=O)N1CC=C(C)CC1. The van der Waals surface area contributed by atoms with Gasteiger partial charge in [0.1, 0.15) is 0 Å². The Morgan fingerprint density at radius 1 is 1.67 bits per heavy atom. The molecular formula is C12H22N2O. The first-order valence-electron chi connectivity index (χ1n) is 5.85. The van der Waals surface area contributed by atoms with Crippen molar-refractivity contribution in [2.45, 2.75) is 45.6 Å². The minimum absolute atomic E-state index is 0.118. The molecule has 3 heteroatoms. The maximum atomic E-state index is 11.9. The van der Waals surface area contributed by atoms with Crippen LogP contribution in [-0.4, -0.2) is 29.9 Å². The highest BCUT2D eigenvalue weighted by Gasteiger charge is 2.21. The highest BCUT2D eigenvalue weighted by molar-refractivity contribution is 5.81. The van der Waals surface area contributed by atoms with Gasteiger partial charge in [-0.25, -0.2) is 0 Å². The number of unbranched alkanes of at least 4 members (excludes halogenated alkanes) is 1. The van der Waals surface area contributed by atoms with Crippen molar-refractivity contribution in [3.63, 3.8) is 0 Å². The molecule has 1 atom stereocenters. The van der Waals surface area contributed by atoms with E-state index in [0.29, 0.717) is 0 Å². The van der Waals surface area contributed by atoms with Gasteiger partial charge in [0.25, 0.3) is 0 Å². The Balaban J connectivity index is 2.40. The van der Waals surface area contributed by atoms with E-state index in [4.69, 9.17) is 5.73 Å². The molecule has 1 aliphatic heterocycles. The summed E-state index contributed by atoms with van der Waals surface area (Å²) in [6, 6.07) is -0.295. The molecule has 0 aromatic heterocycles. The Morgan fingerprint density at radius 2 is 2.40 bits per heavy atom. The standard InChI is InChI=1S/C12H22N2O/c1-3-4-5-11(13)12(15)14-8-6-10(2)7-9-14/h6,11H,3-5,7-9,13H2,1-2H3. The van der Waals surface area contributed by atoms with Gasteiger partial charge in [-0.15, -0.1) is 0 Å². The van der Waals surface area contributed by atoms with E-state index in [1.807, 2.05) is 4.90 Å². The molecule has 1 heterocycles. The second kappa shape index (κ2) is 5.91. The van der Waals surface area contributed by atoms with Crippen LogP contribution in [0.1, 0.15) is 39.5 Å². The van der Waals surface area contributed by atoms with Gasteiger partial charge in [0, 0.05) is 13.1 Å². The predicted octanol–water partition coefficient (Wildman–Crippen LogP) is 1.68. The smallest absolute Gasteiger partial charge is 0.239 e. The fraction of sp³-hybridized carbons (Fsp3) is 0.750. The third kappa shape index (κ3) is 3.67. The van der Waals surface area contributed by atoms with Crippen LogP contribution in [0.5, 0.6) is 0 Å². The average molecular weight is 210 g/mol. The number of rotatable bonds is 4. The summed E-state index contributed by atoms with van der Waals surface area (Å²) in [6.45, 7) is 5.80. The summed E-state index contributed by atoms with van der Waals surface area (Å²) in [6.07, 6.45) is 6.06. The lowest BCUT2D eigenvalue weighted by molar-refractivity contribution is -0.132. The molecule has 0 saturated heterocycles. The maximum absolute atomic E-state index is 11.9. The lowest BCUT2D eigenvalue weighted by Gasteiger charge is -2.28. The van der Waals surface area contributed by atoms with Crippen molar-refractivity contribution in [3.8, 4) is 0 Å². The molecule has 15 heavy (non-hydrogen) atoms. The highest BCUT2D eigenvalue weighted by Crippen LogP contribution is 2.11. The lowest BCUT2D eigenvalue weighted by atomic mass is 10.1. The van der Waals surface area contributed by atoms with Crippen molar-refractivity contribution in [1.82, 2.24) is 4.90 Å². The fourth-order valence-electron chi connectivity index (χ4n) is 1.75. The van der Waals surface area contributed by atoms with Crippen molar-refractivity contribution in [3.05, 3.63) is 11.6 Å². The molecular weight excluding hydrogens is 188 g/mol. The zero-order valence-corrected chi connectivity index (χ0v) is 9.83. The topological polar surface area (TPSA) is 46.3 Å². The molecule has 2 N–H and O–H groups in total. The molecule has 1 unspecified atom stereocenters. The first-order valence-corrected chi connectivity index (χ1v) is 5.85. The van der Waals surface area contributed by atoms with E-state index in [-0.39, 0.29) is 11.9 Å². The highest BCUT2D eigenvalue weighted by atomic mass is 16.2. The van der Waals surface area contributed by atoms with E-state index in [9.17, 15) is 4.79 Å². The number of carbonyl (C=O) groups excluding carboxylic acids is 1. The van der Waals surface area contributed by atoms with Gasteiger partial charge in [0.05, 0.1) is 6.04 Å². The van der Waals surface area contributed by atoms with Gasteiger partial charge in [-0.3, -0.25) is 4.79 Å². The van der Waals surface area contributed by atoms with E-state index in [2.05, 4.69) is 19.9 Å². The monoisotopic (exact) mass is 210 g/mol. The molecule has 1 rings (SSSR count). The Kier molecular flexibility index (Phi) is 4.82. The molecule has 0 radical (unpaired) electrons. The van der Waals surface area contributed by atoms with Gasteiger partial charge in [-0.2, -0.15) is 0 Å². The molecule has 1 amide bonds. The van der Waals surface area contributed by atoms with Crippen LogP contribution in [0.3, 0.4) is 0 Å². The van der Waals surface area contributed by atoms with Crippen molar-refractivity contribution in [2.24, 2.45) is 5.73 Å². The first kappa shape index (κ1) is 12.2. The van der Waals surface area contributed by atoms with Crippen LogP contribution in [0.15, 0.2) is 11.6 Å². The molecule has 0 spiro atoms. The Morgan fingerprint density at radius 3 is 2.93 bits per heavy atom. The minimum atomic E-state index is -0.295. The van der Waals surface area contributed by atoms with E-state index in [0.717, 1.165) is 38.8 Å². The molecule has 0 bridgehead atoms. The zero-order chi connectivity index (χ0) is 11.3. The Hall–Kier alpha value is -0.830. The van der Waals surface area contributed by atoms with Crippen LogP contribution >= 0.6 is 0 Å². The molecule has 0 aliphatic carbocycles. The van der Waals surface area contributed by atoms with Gasteiger partial charge in [0.15, 0.2) is 0 Å². The number of nitrogens with zero attached hydrogens (tertiary/aromatic N) is 1. The van der Waals surface area contributed by atoms with Crippen LogP contribution in [-0.2, 0) is 4.79 Å². The van der Waals surface area contributed by atoms with Crippen molar-refractivity contribution < 1.29 is 4.79 Å². The molecule has 0 aromatic carbocycles. The quantitative estimate of drug-likeness (QED) is 0.718. The van der Waals surface area contributed by atoms with E-state index >= 15 is 0 Å². The van der Waals surface area contributed by atoms with Crippen molar-refractivity contribution in [1.29, 1.82) is 0 Å². The lowest BCUT2D eigenvalue weighted by Crippen LogP contribution is -2.45. The van der Waals surface area contributed by atoms with Crippen LogP contribution in [0, 0.1) is 0 Å². The zero-order valence-electron chi connectivity index (χ0n) is 9.83. The summed E-state index contributed by atoms with van der Waals surface area (Å²) < 4.78 is 0. The van der Waals surface area contributed by atoms with Crippen LogP contribution in [0.25, 0.3) is 0 Å². The van der Waals surface area contributed by atoms with Crippen LogP contribution in [0.4, 0.5) is 0 Å². The van der Waals surface area contributed by atoms with Crippen LogP contribution in [0.2, 0.25) is 0 Å². The number of carbonyl (C=O) groups is 1. The third-order valence-electron chi connectivity index (χ3n) is 2.93. The molecule has 0 fully saturated rings. The number of hydrogen-bond donors (Lipinski definition) is 1. The molecule has 0 saturated carbocycles. The number of nitrogens with two attached hydrogens (primary N) is 1. The van der Waals surface area contributed by atoms with E-state index < -0.39 is 0 Å². The van der Waals surface area contributed by atoms with Gasteiger partial charge in [-0.05, 0) is 19.8 Å². The van der Waals surface area contributed by atoms with E-state index in [1.54, 1.807) is 0 Å². The van der Waals surface area contributed by atoms with Gasteiger partial charge >= 0.3 is 0 Å². The van der Waals surface area contributed by atoms with E-state index in [1.165, 1.54) is 5.57 Å².